The smallest absolute Gasteiger partial charge is 0.253 e. The molecular formula is C47H59FN8O10S2. The zero-order chi connectivity index (χ0) is 48.0. The summed E-state index contributed by atoms with van der Waals surface area (Å²) in [7, 11) is -6.97. The third-order valence-corrected chi connectivity index (χ3v) is 16.3. The number of rotatable bonds is 15. The Morgan fingerprint density at radius 2 is 0.971 bits per heavy atom. The van der Waals surface area contributed by atoms with Gasteiger partial charge in [-0.1, -0.05) is 24.3 Å². The standard InChI is InChI=1S/C47H59FN8O10S2/c1-32-43(49-30-51-45(32)65-40-16-24-55(25-17-40)67(3,59)60)63-38-12-20-53(21-13-38)42(57)28-35-6-4-5-7-36(35)29-68(61,62)56-26-18-41(19-27-56)66-46-33(2)44(50-31-52-46)64-39-14-22-54(23-15-39)47(58)34-8-10-37(48)11-9-34/h4-11,30-31,38-41H,12-29H2,1-3H3. The quantitative estimate of drug-likeness (QED) is 0.161. The van der Waals surface area contributed by atoms with E-state index in [4.69, 9.17) is 18.9 Å². The molecule has 4 aliphatic heterocycles. The highest BCUT2D eigenvalue weighted by Gasteiger charge is 2.33. The van der Waals surface area contributed by atoms with Crippen LogP contribution in [0.4, 0.5) is 4.39 Å². The predicted octanol–water partition coefficient (Wildman–Crippen LogP) is 4.49. The van der Waals surface area contributed by atoms with Gasteiger partial charge >= 0.3 is 0 Å². The SMILES string of the molecule is Cc1c(OC2CCN(C(=O)Cc3ccccc3CS(=O)(=O)N3CCC(Oc4ncnc(OC5CCN(C(=O)c6ccc(F)cc6)CC5)c4C)CC3)CC2)ncnc1OC1CCN(S(C)(=O)=O)CC1. The fourth-order valence-corrected chi connectivity index (χ4v) is 11.6. The van der Waals surface area contributed by atoms with Crippen molar-refractivity contribution in [2.45, 2.75) is 102 Å². The molecule has 2 aromatic heterocycles. The van der Waals surface area contributed by atoms with Crippen LogP contribution in [0.2, 0.25) is 0 Å². The van der Waals surface area contributed by atoms with E-state index in [9.17, 15) is 30.8 Å². The minimum atomic E-state index is -3.73. The highest BCUT2D eigenvalue weighted by Crippen LogP contribution is 2.31. The van der Waals surface area contributed by atoms with Crippen LogP contribution in [0.1, 0.15) is 84.0 Å². The fraction of sp³-hybridized carbons (Fsp3) is 0.532. The minimum Gasteiger partial charge on any atom is -0.474 e. The van der Waals surface area contributed by atoms with E-state index in [0.29, 0.717) is 142 Å². The van der Waals surface area contributed by atoms with Gasteiger partial charge in [0.05, 0.1) is 29.6 Å². The Bertz CT molecular complexity index is 2630. The molecule has 2 aromatic carbocycles. The van der Waals surface area contributed by atoms with Gasteiger partial charge in [-0.15, -0.1) is 0 Å². The average Bonchev–Trinajstić information content (AvgIpc) is 3.33. The van der Waals surface area contributed by atoms with Crippen LogP contribution >= 0.6 is 0 Å². The number of aromatic nitrogens is 4. The van der Waals surface area contributed by atoms with E-state index >= 15 is 0 Å². The van der Waals surface area contributed by atoms with Crippen LogP contribution < -0.4 is 18.9 Å². The molecular weight excluding hydrogens is 920 g/mol. The minimum absolute atomic E-state index is 0.0718. The molecule has 0 spiro atoms. The summed E-state index contributed by atoms with van der Waals surface area (Å²) in [5, 5.41) is 0. The molecule has 0 atom stereocenters. The Morgan fingerprint density at radius 3 is 1.41 bits per heavy atom. The number of hydrogen-bond donors (Lipinski definition) is 0. The van der Waals surface area contributed by atoms with Crippen LogP contribution in [-0.4, -0.2) is 150 Å². The summed E-state index contributed by atoms with van der Waals surface area (Å²) in [5.41, 5.74) is 3.00. The molecule has 4 aliphatic rings. The van der Waals surface area contributed by atoms with Crippen LogP contribution in [0.3, 0.4) is 0 Å². The summed E-state index contributed by atoms with van der Waals surface area (Å²) in [6, 6.07) is 12.7. The van der Waals surface area contributed by atoms with Gasteiger partial charge in [-0.2, -0.15) is 0 Å². The van der Waals surface area contributed by atoms with E-state index in [2.05, 4.69) is 19.9 Å². The first-order valence-corrected chi connectivity index (χ1v) is 26.7. The second kappa shape index (κ2) is 21.4. The van der Waals surface area contributed by atoms with Gasteiger partial charge in [-0.3, -0.25) is 9.59 Å². The molecule has 68 heavy (non-hydrogen) atoms. The van der Waals surface area contributed by atoms with E-state index in [1.54, 1.807) is 21.9 Å². The predicted molar refractivity (Wildman–Crippen MR) is 248 cm³/mol. The van der Waals surface area contributed by atoms with Gasteiger partial charge in [0.2, 0.25) is 49.5 Å². The largest absolute Gasteiger partial charge is 0.474 e. The Labute approximate surface area is 397 Å². The molecule has 0 unspecified atom stereocenters. The van der Waals surface area contributed by atoms with E-state index in [1.165, 1.54) is 51.8 Å². The lowest BCUT2D eigenvalue weighted by atomic mass is 10.0. The molecule has 0 radical (unpaired) electrons. The number of carbonyl (C=O) groups excluding carboxylic acids is 2. The highest BCUT2D eigenvalue weighted by atomic mass is 32.2. The van der Waals surface area contributed by atoms with E-state index in [-0.39, 0.29) is 61.5 Å². The zero-order valence-electron chi connectivity index (χ0n) is 38.7. The number of carbonyl (C=O) groups is 2. The molecule has 18 nitrogen and oxygen atoms in total. The second-order valence-corrected chi connectivity index (χ2v) is 21.9. The van der Waals surface area contributed by atoms with Gasteiger partial charge in [-0.25, -0.2) is 49.8 Å². The molecule has 21 heteroatoms. The number of nitrogens with zero attached hydrogens (tertiary/aromatic N) is 8. The number of hydrogen-bond acceptors (Lipinski definition) is 14. The van der Waals surface area contributed by atoms with Crippen LogP contribution in [0.25, 0.3) is 0 Å². The monoisotopic (exact) mass is 978 g/mol. The van der Waals surface area contributed by atoms with Gasteiger partial charge in [0, 0.05) is 83.6 Å². The molecule has 2 amide bonds. The van der Waals surface area contributed by atoms with E-state index in [0.717, 1.165) is 0 Å². The van der Waals surface area contributed by atoms with Crippen LogP contribution in [0, 0.1) is 19.7 Å². The first-order valence-electron chi connectivity index (χ1n) is 23.2. The molecule has 6 heterocycles. The Hall–Kier alpha value is -5.51. The molecule has 366 valence electrons. The van der Waals surface area contributed by atoms with E-state index in [1.807, 2.05) is 26.0 Å². The summed E-state index contributed by atoms with van der Waals surface area (Å²) in [6.45, 7) is 6.89. The normalized spacial score (nSPS) is 18.9. The number of halogens is 1. The van der Waals surface area contributed by atoms with Crippen molar-refractivity contribution in [3.05, 3.63) is 94.8 Å². The Balaban J connectivity index is 0.776. The van der Waals surface area contributed by atoms with Crippen molar-refractivity contribution in [1.82, 2.24) is 38.3 Å². The highest BCUT2D eigenvalue weighted by molar-refractivity contribution is 7.88. The van der Waals surface area contributed by atoms with Gasteiger partial charge in [-0.05, 0) is 74.9 Å². The van der Waals surface area contributed by atoms with Crippen molar-refractivity contribution >= 4 is 31.9 Å². The van der Waals surface area contributed by atoms with Gasteiger partial charge in [0.25, 0.3) is 5.91 Å². The lowest BCUT2D eigenvalue weighted by molar-refractivity contribution is -0.132. The maximum atomic E-state index is 13.8. The lowest BCUT2D eigenvalue weighted by Gasteiger charge is -2.33. The van der Waals surface area contributed by atoms with Gasteiger partial charge < -0.3 is 28.7 Å². The van der Waals surface area contributed by atoms with Crippen molar-refractivity contribution in [2.75, 3.05) is 58.6 Å². The van der Waals surface area contributed by atoms with Crippen LogP contribution in [0.15, 0.2) is 61.2 Å². The molecule has 0 N–H and O–H groups in total. The number of amides is 2. The summed E-state index contributed by atoms with van der Waals surface area (Å²) in [5.74, 6) is 0.731. The third kappa shape index (κ3) is 12.2. The molecule has 4 fully saturated rings. The van der Waals surface area contributed by atoms with Crippen molar-refractivity contribution in [1.29, 1.82) is 0 Å². The Morgan fingerprint density at radius 1 is 0.574 bits per heavy atom. The number of piperidine rings is 4. The first-order chi connectivity index (χ1) is 32.6. The average molecular weight is 979 g/mol. The molecule has 0 aliphatic carbocycles. The third-order valence-electron chi connectivity index (χ3n) is 13.2. The number of likely N-dealkylation sites (tertiary alicyclic amines) is 2. The van der Waals surface area contributed by atoms with E-state index < -0.39 is 25.9 Å². The van der Waals surface area contributed by atoms with Crippen molar-refractivity contribution in [2.24, 2.45) is 0 Å². The molecule has 4 saturated heterocycles. The molecule has 0 bridgehead atoms. The molecule has 0 saturated carbocycles. The second-order valence-electron chi connectivity index (χ2n) is 17.9. The number of ether oxygens (including phenoxy) is 4. The number of benzene rings is 2. The summed E-state index contributed by atoms with van der Waals surface area (Å²) < 4.78 is 92.7. The van der Waals surface area contributed by atoms with Crippen LogP contribution in [-0.2, 0) is 37.0 Å². The summed E-state index contributed by atoms with van der Waals surface area (Å²) in [4.78, 5) is 47.4. The van der Waals surface area contributed by atoms with Crippen molar-refractivity contribution in [3.8, 4) is 23.5 Å². The summed E-state index contributed by atoms with van der Waals surface area (Å²) in [6.07, 6.45) is 7.65. The van der Waals surface area contributed by atoms with Gasteiger partial charge in [0.1, 0.15) is 42.9 Å². The lowest BCUT2D eigenvalue weighted by Crippen LogP contribution is -2.43. The number of sulfonamides is 2. The first kappa shape index (κ1) is 48.9. The zero-order valence-corrected chi connectivity index (χ0v) is 40.3. The van der Waals surface area contributed by atoms with Crippen molar-refractivity contribution < 1.29 is 49.8 Å². The maximum Gasteiger partial charge on any atom is 0.253 e. The summed E-state index contributed by atoms with van der Waals surface area (Å²) >= 11 is 0. The molecule has 8 rings (SSSR count). The van der Waals surface area contributed by atoms with Crippen LogP contribution in [0.5, 0.6) is 23.5 Å². The molecule has 4 aromatic rings. The fourth-order valence-electron chi connectivity index (χ4n) is 9.06. The van der Waals surface area contributed by atoms with Crippen molar-refractivity contribution in [3.63, 3.8) is 0 Å². The Kier molecular flexibility index (Phi) is 15.4. The topological polar surface area (TPSA) is 204 Å². The maximum absolute atomic E-state index is 13.8. The van der Waals surface area contributed by atoms with Gasteiger partial charge in [0.15, 0.2) is 0 Å².